The number of aryl methyl sites for hydroxylation is 2. The Balaban J connectivity index is 1.16. The number of anilines is 1. The van der Waals surface area contributed by atoms with Crippen molar-refractivity contribution in [2.24, 2.45) is 0 Å². The average molecular weight is 413 g/mol. The number of ether oxygens (including phenoxy) is 1. The molecule has 1 saturated heterocycles. The highest BCUT2D eigenvalue weighted by Crippen LogP contribution is 2.28. The fraction of sp³-hybridized carbons (Fsp3) is 0.458. The zero-order chi connectivity index (χ0) is 20.1. The summed E-state index contributed by atoms with van der Waals surface area (Å²) in [6.07, 6.45) is 7.36. The van der Waals surface area contributed by atoms with Crippen molar-refractivity contribution >= 4 is 23.2 Å². The van der Waals surface area contributed by atoms with Crippen LogP contribution in [0.2, 0.25) is 5.02 Å². The molecule has 0 atom stereocenters. The number of unbranched alkanes of at least 4 members (excludes halogenated alkanes) is 1. The van der Waals surface area contributed by atoms with Crippen LogP contribution in [-0.2, 0) is 17.6 Å². The van der Waals surface area contributed by atoms with Crippen LogP contribution in [0.3, 0.4) is 0 Å². The van der Waals surface area contributed by atoms with Gasteiger partial charge in [0, 0.05) is 30.2 Å². The van der Waals surface area contributed by atoms with Crippen LogP contribution in [-0.4, -0.2) is 36.5 Å². The molecule has 2 aromatic carbocycles. The fourth-order valence-electron chi connectivity index (χ4n) is 4.19. The lowest BCUT2D eigenvalue weighted by Gasteiger charge is -2.32. The molecule has 1 fully saturated rings. The molecule has 0 aromatic heterocycles. The Hall–Kier alpha value is -2.04. The number of hydrogen-bond donors (Lipinski definition) is 1. The summed E-state index contributed by atoms with van der Waals surface area (Å²) in [5, 5.41) is 3.73. The summed E-state index contributed by atoms with van der Waals surface area (Å²) in [6.45, 7) is 3.37. The quantitative estimate of drug-likeness (QED) is 0.644. The van der Waals surface area contributed by atoms with Gasteiger partial charge in [-0.3, -0.25) is 4.79 Å². The largest absolute Gasteiger partial charge is 0.490 e. The lowest BCUT2D eigenvalue weighted by Crippen LogP contribution is -2.38. The van der Waals surface area contributed by atoms with E-state index in [1.165, 1.54) is 30.5 Å². The minimum atomic E-state index is 0.103. The number of carbonyl (C=O) groups is 1. The summed E-state index contributed by atoms with van der Waals surface area (Å²) in [4.78, 5) is 14.0. The summed E-state index contributed by atoms with van der Waals surface area (Å²) in [5.74, 6) is 1.04. The number of hydrogen-bond acceptors (Lipinski definition) is 3. The Bertz CT molecular complexity index is 829. The van der Waals surface area contributed by atoms with E-state index >= 15 is 0 Å². The van der Waals surface area contributed by atoms with Gasteiger partial charge < -0.3 is 15.0 Å². The van der Waals surface area contributed by atoms with E-state index in [0.29, 0.717) is 6.42 Å². The first kappa shape index (κ1) is 20.2. The number of halogens is 1. The Labute approximate surface area is 178 Å². The molecule has 0 bridgehead atoms. The maximum atomic E-state index is 11.5. The van der Waals surface area contributed by atoms with Crippen LogP contribution in [0.15, 0.2) is 42.5 Å². The molecule has 0 radical (unpaired) electrons. The molecule has 1 amide bonds. The molecule has 2 aliphatic rings. The van der Waals surface area contributed by atoms with Gasteiger partial charge in [-0.05, 0) is 86.5 Å². The monoisotopic (exact) mass is 412 g/mol. The number of nitrogens with zero attached hydrogens (tertiary/aromatic N) is 1. The van der Waals surface area contributed by atoms with Crippen LogP contribution in [0.4, 0.5) is 5.69 Å². The molecule has 1 N–H and O–H groups in total. The third kappa shape index (κ3) is 5.74. The van der Waals surface area contributed by atoms with Gasteiger partial charge in [0.15, 0.2) is 0 Å². The minimum Gasteiger partial charge on any atom is -0.490 e. The SMILES string of the molecule is O=C1CCc2cc(OC3CCN(CCCCc4ccc(Cl)cc4)CC3)ccc2N1. The standard InChI is InChI=1S/C24H29ClN2O2/c25-20-7-4-18(5-8-20)3-1-2-14-27-15-12-21(13-16-27)29-22-9-10-23-19(17-22)6-11-24(28)26-23/h4-5,7-10,17,21H,1-3,6,11-16H2,(H,26,28). The Kier molecular flexibility index (Phi) is 6.73. The normalized spacial score (nSPS) is 17.6. The molecule has 4 rings (SSSR count). The second-order valence-corrected chi connectivity index (χ2v) is 8.55. The van der Waals surface area contributed by atoms with Crippen molar-refractivity contribution in [3.63, 3.8) is 0 Å². The summed E-state index contributed by atoms with van der Waals surface area (Å²) in [5.41, 5.74) is 3.48. The van der Waals surface area contributed by atoms with Gasteiger partial charge in [-0.25, -0.2) is 0 Å². The Morgan fingerprint density at radius 2 is 1.83 bits per heavy atom. The van der Waals surface area contributed by atoms with Crippen LogP contribution in [0.5, 0.6) is 5.75 Å². The summed E-state index contributed by atoms with van der Waals surface area (Å²) < 4.78 is 6.24. The van der Waals surface area contributed by atoms with Gasteiger partial charge in [-0.2, -0.15) is 0 Å². The molecule has 29 heavy (non-hydrogen) atoms. The summed E-state index contributed by atoms with van der Waals surface area (Å²) in [7, 11) is 0. The fourth-order valence-corrected chi connectivity index (χ4v) is 4.32. The van der Waals surface area contributed by atoms with E-state index in [1.54, 1.807) is 0 Å². The van der Waals surface area contributed by atoms with Crippen molar-refractivity contribution in [1.29, 1.82) is 0 Å². The van der Waals surface area contributed by atoms with Gasteiger partial charge in [0.05, 0.1) is 0 Å². The Morgan fingerprint density at radius 1 is 1.03 bits per heavy atom. The third-order valence-electron chi connectivity index (χ3n) is 5.91. The first-order valence-corrected chi connectivity index (χ1v) is 11.1. The van der Waals surface area contributed by atoms with Gasteiger partial charge in [-0.15, -0.1) is 0 Å². The van der Waals surface area contributed by atoms with Crippen molar-refractivity contribution in [2.45, 2.75) is 51.0 Å². The number of piperidine rings is 1. The number of amides is 1. The van der Waals surface area contributed by atoms with Gasteiger partial charge in [0.1, 0.15) is 11.9 Å². The lowest BCUT2D eigenvalue weighted by molar-refractivity contribution is -0.116. The molecule has 0 unspecified atom stereocenters. The number of nitrogens with one attached hydrogen (secondary N) is 1. The average Bonchev–Trinajstić information content (AvgIpc) is 2.74. The van der Waals surface area contributed by atoms with E-state index in [-0.39, 0.29) is 12.0 Å². The molecule has 0 aliphatic carbocycles. The van der Waals surface area contributed by atoms with Crippen molar-refractivity contribution in [3.8, 4) is 5.75 Å². The first-order valence-electron chi connectivity index (χ1n) is 10.7. The van der Waals surface area contributed by atoms with Crippen molar-refractivity contribution in [2.75, 3.05) is 25.0 Å². The molecule has 2 aromatic rings. The van der Waals surface area contributed by atoms with Gasteiger partial charge in [0.2, 0.25) is 5.91 Å². The number of benzene rings is 2. The van der Waals surface area contributed by atoms with Crippen LogP contribution in [0, 0.1) is 0 Å². The van der Waals surface area contributed by atoms with Crippen LogP contribution < -0.4 is 10.1 Å². The van der Waals surface area contributed by atoms with Crippen LogP contribution in [0.25, 0.3) is 0 Å². The van der Waals surface area contributed by atoms with Crippen molar-refractivity contribution < 1.29 is 9.53 Å². The molecule has 2 heterocycles. The molecule has 154 valence electrons. The molecular weight excluding hydrogens is 384 g/mol. The maximum absolute atomic E-state index is 11.5. The Morgan fingerprint density at radius 3 is 2.62 bits per heavy atom. The van der Waals surface area contributed by atoms with E-state index in [2.05, 4.69) is 28.4 Å². The van der Waals surface area contributed by atoms with Crippen molar-refractivity contribution in [1.82, 2.24) is 4.90 Å². The zero-order valence-electron chi connectivity index (χ0n) is 16.8. The molecule has 0 spiro atoms. The number of rotatable bonds is 7. The van der Waals surface area contributed by atoms with Gasteiger partial charge >= 0.3 is 0 Å². The summed E-state index contributed by atoms with van der Waals surface area (Å²) >= 11 is 5.94. The third-order valence-corrected chi connectivity index (χ3v) is 6.16. The van der Waals surface area contributed by atoms with E-state index in [1.807, 2.05) is 24.3 Å². The molecule has 5 heteroatoms. The van der Waals surface area contributed by atoms with Crippen molar-refractivity contribution in [3.05, 3.63) is 58.6 Å². The molecule has 4 nitrogen and oxygen atoms in total. The number of carbonyl (C=O) groups excluding carboxylic acids is 1. The highest BCUT2D eigenvalue weighted by molar-refractivity contribution is 6.30. The maximum Gasteiger partial charge on any atom is 0.224 e. The van der Waals surface area contributed by atoms with Crippen LogP contribution in [0.1, 0.15) is 43.2 Å². The predicted molar refractivity (Wildman–Crippen MR) is 118 cm³/mol. The van der Waals surface area contributed by atoms with Crippen LogP contribution >= 0.6 is 11.6 Å². The summed E-state index contributed by atoms with van der Waals surface area (Å²) in [6, 6.07) is 14.2. The van der Waals surface area contributed by atoms with E-state index in [9.17, 15) is 4.79 Å². The van der Waals surface area contributed by atoms with Gasteiger partial charge in [0.25, 0.3) is 0 Å². The van der Waals surface area contributed by atoms with E-state index in [0.717, 1.165) is 55.2 Å². The first-order chi connectivity index (χ1) is 14.2. The second-order valence-electron chi connectivity index (χ2n) is 8.11. The number of fused-ring (bicyclic) bond motifs is 1. The highest BCUT2D eigenvalue weighted by Gasteiger charge is 2.21. The predicted octanol–water partition coefficient (Wildman–Crippen LogP) is 5.09. The second kappa shape index (κ2) is 9.64. The topological polar surface area (TPSA) is 41.6 Å². The zero-order valence-corrected chi connectivity index (χ0v) is 17.6. The number of likely N-dealkylation sites (tertiary alicyclic amines) is 1. The van der Waals surface area contributed by atoms with E-state index in [4.69, 9.17) is 16.3 Å². The molecule has 2 aliphatic heterocycles. The molecular formula is C24H29ClN2O2. The molecule has 0 saturated carbocycles. The smallest absolute Gasteiger partial charge is 0.224 e. The van der Waals surface area contributed by atoms with Gasteiger partial charge in [-0.1, -0.05) is 23.7 Å². The van der Waals surface area contributed by atoms with E-state index < -0.39 is 0 Å². The highest BCUT2D eigenvalue weighted by atomic mass is 35.5. The lowest BCUT2D eigenvalue weighted by atomic mass is 10.0. The minimum absolute atomic E-state index is 0.103.